The maximum absolute atomic E-state index is 12.2. The van der Waals surface area contributed by atoms with Gasteiger partial charge in [0.1, 0.15) is 13.2 Å². The largest absolute Gasteiger partial charge is 0.463 e. The van der Waals surface area contributed by atoms with Crippen molar-refractivity contribution in [1.29, 1.82) is 0 Å². The lowest BCUT2D eigenvalue weighted by molar-refractivity contribution is -0.145. The molecule has 2 aliphatic carbocycles. The van der Waals surface area contributed by atoms with Crippen LogP contribution in [0.2, 0.25) is 0 Å². The third kappa shape index (κ3) is 26.7. The number of rotatable bonds is 33. The molecule has 10 nitrogen and oxygen atoms in total. The summed E-state index contributed by atoms with van der Waals surface area (Å²) < 4.78 is 9.42. The first-order valence-corrected chi connectivity index (χ1v) is 26.9. The number of ether oxygens (including phenoxy) is 2. The van der Waals surface area contributed by atoms with Crippen LogP contribution >= 0.6 is 0 Å². The number of amides is 1. The van der Waals surface area contributed by atoms with Gasteiger partial charge in [0.15, 0.2) is 0 Å². The number of unbranched alkanes of at least 4 members (excludes halogenated alkanes) is 18. The Kier molecular flexibility index (Phi) is 33.9. The average Bonchev–Trinajstić information content (AvgIpc) is 3.28. The summed E-state index contributed by atoms with van der Waals surface area (Å²) >= 11 is 0. The maximum Gasteiger partial charge on any atom is 0.302 e. The minimum atomic E-state index is -0.775. The number of esters is 2. The number of carbonyl (C=O) groups excluding carboxylic acids is 3. The Bertz CT molecular complexity index is 1570. The van der Waals surface area contributed by atoms with Gasteiger partial charge in [-0.3, -0.25) is 14.4 Å². The zero-order valence-electron chi connectivity index (χ0n) is 43.9. The van der Waals surface area contributed by atoms with Crippen LogP contribution in [-0.4, -0.2) is 75.9 Å². The molecule has 0 saturated heterocycles. The SMILES string of the molecule is C#CCCCCCCCCCCCC(O)CC(O)COC(C)=O.C=CCCCCCCCCCCCC(O)CC(O)COC(C)=O.CC(C)c1ccc2c(c1)CCC1C(C)(C(N)=O)CCCC21C. The molecule has 390 valence electrons. The van der Waals surface area contributed by atoms with Crippen molar-refractivity contribution in [3.05, 3.63) is 47.5 Å². The van der Waals surface area contributed by atoms with E-state index in [0.717, 1.165) is 70.6 Å². The van der Waals surface area contributed by atoms with E-state index in [2.05, 4.69) is 58.4 Å². The van der Waals surface area contributed by atoms with Crippen molar-refractivity contribution in [2.75, 3.05) is 13.2 Å². The monoisotopic (exact) mass is 954 g/mol. The number of allylic oxidation sites excluding steroid dienone is 1. The fourth-order valence-electron chi connectivity index (χ4n) is 10.3. The second kappa shape index (κ2) is 36.7. The van der Waals surface area contributed by atoms with Crippen LogP contribution in [0.4, 0.5) is 0 Å². The highest BCUT2D eigenvalue weighted by molar-refractivity contribution is 5.81. The summed E-state index contributed by atoms with van der Waals surface area (Å²) in [5.74, 6) is 2.70. The molecule has 2 aliphatic rings. The lowest BCUT2D eigenvalue weighted by Gasteiger charge is -2.54. The standard InChI is InChI=1S/C20H29NO.C19H36O4.C19H34O4/c1-13(2)14-6-8-16-15(12-14)7-9-17-19(16,3)10-5-11-20(17,4)18(21)22;2*1-3-4-5-6-7-8-9-10-11-12-13-14-18(21)15-19(22)16-23-17(2)20/h6,8,12-13,17H,5,7,9-11H2,1-4H3,(H2,21,22);3,18-19,21-22H,1,4-16H2,2H3;1,18-19,21-22H,4-16H2,2H3. The lowest BCUT2D eigenvalue weighted by atomic mass is 9.49. The molecule has 10 heteroatoms. The first kappa shape index (κ1) is 62.8. The fourth-order valence-corrected chi connectivity index (χ4v) is 10.3. The van der Waals surface area contributed by atoms with Gasteiger partial charge in [0.25, 0.3) is 0 Å². The van der Waals surface area contributed by atoms with Crippen LogP contribution < -0.4 is 5.73 Å². The highest BCUT2D eigenvalue weighted by Gasteiger charge is 2.54. The summed E-state index contributed by atoms with van der Waals surface area (Å²) in [4.78, 5) is 33.4. The Morgan fingerprint density at radius 3 is 1.62 bits per heavy atom. The molecule has 0 heterocycles. The number of benzene rings is 1. The van der Waals surface area contributed by atoms with Crippen LogP contribution in [0, 0.1) is 23.7 Å². The smallest absolute Gasteiger partial charge is 0.302 e. The molecule has 0 aromatic heterocycles. The van der Waals surface area contributed by atoms with E-state index in [9.17, 15) is 34.8 Å². The highest BCUT2D eigenvalue weighted by Crippen LogP contribution is 2.57. The number of fused-ring (bicyclic) bond motifs is 3. The number of hydrogen-bond acceptors (Lipinski definition) is 9. The molecular formula is C58H99NO9. The molecule has 1 aromatic rings. The van der Waals surface area contributed by atoms with Gasteiger partial charge in [0, 0.05) is 38.5 Å². The highest BCUT2D eigenvalue weighted by atomic mass is 16.5. The number of terminal acetylenes is 1. The van der Waals surface area contributed by atoms with Gasteiger partial charge < -0.3 is 35.6 Å². The summed E-state index contributed by atoms with van der Waals surface area (Å²) in [6.45, 7) is 15.3. The average molecular weight is 954 g/mol. The van der Waals surface area contributed by atoms with Gasteiger partial charge in [-0.25, -0.2) is 0 Å². The van der Waals surface area contributed by atoms with Gasteiger partial charge >= 0.3 is 11.9 Å². The van der Waals surface area contributed by atoms with Crippen molar-refractivity contribution in [2.24, 2.45) is 17.1 Å². The topological polar surface area (TPSA) is 177 Å². The van der Waals surface area contributed by atoms with Gasteiger partial charge in [0.2, 0.25) is 5.91 Å². The van der Waals surface area contributed by atoms with E-state index in [1.807, 2.05) is 6.08 Å². The molecule has 0 bridgehead atoms. The summed E-state index contributed by atoms with van der Waals surface area (Å²) in [6.07, 6.45) is 35.9. The Morgan fingerprint density at radius 2 is 1.19 bits per heavy atom. The predicted octanol–water partition coefficient (Wildman–Crippen LogP) is 12.0. The van der Waals surface area contributed by atoms with Gasteiger partial charge in [0.05, 0.1) is 24.4 Å². The zero-order chi connectivity index (χ0) is 50.8. The number of primary amides is 1. The third-order valence-electron chi connectivity index (χ3n) is 14.5. The summed E-state index contributed by atoms with van der Waals surface area (Å²) in [5.41, 5.74) is 9.97. The van der Waals surface area contributed by atoms with Crippen LogP contribution in [0.15, 0.2) is 30.9 Å². The maximum atomic E-state index is 12.2. The molecule has 1 fully saturated rings. The number of nitrogens with two attached hydrogens (primary N) is 1. The third-order valence-corrected chi connectivity index (χ3v) is 14.5. The lowest BCUT2D eigenvalue weighted by Crippen LogP contribution is -2.54. The molecule has 1 amide bonds. The van der Waals surface area contributed by atoms with E-state index >= 15 is 0 Å². The number of aryl methyl sites for hydroxylation is 1. The van der Waals surface area contributed by atoms with Gasteiger partial charge in [-0.2, -0.15) is 0 Å². The van der Waals surface area contributed by atoms with Crippen molar-refractivity contribution >= 4 is 17.8 Å². The van der Waals surface area contributed by atoms with Crippen molar-refractivity contribution in [2.45, 2.75) is 263 Å². The minimum absolute atomic E-state index is 0.0286. The van der Waals surface area contributed by atoms with Crippen molar-refractivity contribution < 1.29 is 44.3 Å². The predicted molar refractivity (Wildman–Crippen MR) is 278 cm³/mol. The van der Waals surface area contributed by atoms with E-state index in [4.69, 9.17) is 21.6 Å². The summed E-state index contributed by atoms with van der Waals surface area (Å²) in [5, 5.41) is 38.8. The molecule has 7 unspecified atom stereocenters. The van der Waals surface area contributed by atoms with Crippen LogP contribution in [0.3, 0.4) is 0 Å². The fraction of sp³-hybridized carbons (Fsp3) is 0.776. The normalized spacial score (nSPS) is 20.1. The first-order valence-electron chi connectivity index (χ1n) is 26.9. The number of carbonyl (C=O) groups is 3. The molecule has 0 spiro atoms. The molecule has 68 heavy (non-hydrogen) atoms. The van der Waals surface area contributed by atoms with E-state index in [-0.39, 0.29) is 42.8 Å². The Labute approximate surface area is 414 Å². The summed E-state index contributed by atoms with van der Waals surface area (Å²) in [7, 11) is 0. The second-order valence-electron chi connectivity index (χ2n) is 20.9. The van der Waals surface area contributed by atoms with Gasteiger partial charge in [-0.1, -0.05) is 161 Å². The number of aliphatic hydroxyl groups excluding tert-OH is 4. The van der Waals surface area contributed by atoms with Crippen molar-refractivity contribution in [3.8, 4) is 12.3 Å². The molecule has 3 rings (SSSR count). The number of hydrogen-bond donors (Lipinski definition) is 5. The van der Waals surface area contributed by atoms with Gasteiger partial charge in [-0.05, 0) is 91.7 Å². The van der Waals surface area contributed by atoms with Gasteiger partial charge in [-0.15, -0.1) is 18.9 Å². The molecule has 6 N–H and O–H groups in total. The van der Waals surface area contributed by atoms with Crippen LogP contribution in [-0.2, 0) is 35.7 Å². The molecule has 7 atom stereocenters. The van der Waals surface area contributed by atoms with Crippen molar-refractivity contribution in [1.82, 2.24) is 0 Å². The zero-order valence-corrected chi connectivity index (χ0v) is 43.9. The van der Waals surface area contributed by atoms with E-state index < -0.39 is 36.4 Å². The van der Waals surface area contributed by atoms with Crippen LogP contribution in [0.25, 0.3) is 0 Å². The molecular weight excluding hydrogens is 855 g/mol. The van der Waals surface area contributed by atoms with Crippen LogP contribution in [0.1, 0.15) is 244 Å². The Morgan fingerprint density at radius 1 is 0.735 bits per heavy atom. The van der Waals surface area contributed by atoms with E-state index in [0.29, 0.717) is 24.7 Å². The molecule has 1 saturated carbocycles. The van der Waals surface area contributed by atoms with Crippen molar-refractivity contribution in [3.63, 3.8) is 0 Å². The molecule has 0 aliphatic heterocycles. The van der Waals surface area contributed by atoms with E-state index in [1.54, 1.807) is 0 Å². The minimum Gasteiger partial charge on any atom is -0.463 e. The second-order valence-corrected chi connectivity index (χ2v) is 20.9. The molecule has 0 radical (unpaired) electrons. The first-order chi connectivity index (χ1) is 32.4. The Balaban J connectivity index is 0.000000510. The summed E-state index contributed by atoms with van der Waals surface area (Å²) in [6, 6.07) is 7.02. The quantitative estimate of drug-likeness (QED) is 0.0199. The Hall–Kier alpha value is -3.23. The number of aliphatic hydroxyl groups is 4. The van der Waals surface area contributed by atoms with E-state index in [1.165, 1.54) is 120 Å². The van der Waals surface area contributed by atoms with Crippen LogP contribution in [0.5, 0.6) is 0 Å². The molecule has 1 aromatic carbocycles.